The van der Waals surface area contributed by atoms with Gasteiger partial charge in [-0.2, -0.15) is 0 Å². The van der Waals surface area contributed by atoms with E-state index in [1.807, 2.05) is 0 Å². The van der Waals surface area contributed by atoms with Crippen molar-refractivity contribution < 1.29 is 40.7 Å². The SMILES string of the molecule is NS(=O)(=O)c1ccc2cc(C(=O)N3CC4(CCN(C(=O)OCc5ccc(OC(F)(F)F)cc5)C4)C3)ccc2c1. The maximum Gasteiger partial charge on any atom is 0.573 e. The van der Waals surface area contributed by atoms with Crippen LogP contribution in [-0.2, 0) is 21.4 Å². The minimum absolute atomic E-state index is 0.00323. The molecule has 1 spiro atoms. The van der Waals surface area contributed by atoms with Crippen molar-refractivity contribution in [3.05, 3.63) is 71.8 Å². The van der Waals surface area contributed by atoms with Gasteiger partial charge < -0.3 is 19.3 Å². The molecule has 2 aliphatic heterocycles. The molecule has 2 saturated heterocycles. The molecule has 3 aromatic carbocycles. The van der Waals surface area contributed by atoms with Gasteiger partial charge >= 0.3 is 12.5 Å². The van der Waals surface area contributed by atoms with Gasteiger partial charge in [0.05, 0.1) is 4.90 Å². The monoisotopic (exact) mass is 563 g/mol. The Hall–Kier alpha value is -3.84. The quantitative estimate of drug-likeness (QED) is 0.504. The molecule has 13 heteroatoms. The molecule has 2 fully saturated rings. The number of halogens is 3. The molecule has 2 aliphatic rings. The third-order valence-corrected chi connectivity index (χ3v) is 7.85. The highest BCUT2D eigenvalue weighted by Gasteiger charge is 2.50. The van der Waals surface area contributed by atoms with E-state index in [9.17, 15) is 31.2 Å². The van der Waals surface area contributed by atoms with Crippen LogP contribution in [-0.4, -0.2) is 62.8 Å². The minimum atomic E-state index is -4.78. The standard InChI is InChI=1S/C26H24F3N3O6S/c27-26(28,29)38-21-6-1-17(2-7-21)13-37-24(34)31-10-9-25(14-31)15-32(16-25)23(33)20-4-3-19-12-22(39(30,35)36)8-5-18(19)11-20/h1-8,11-12H,9-10,13-16H2,(H2,30,35,36). The fourth-order valence-corrected chi connectivity index (χ4v) is 5.55. The van der Waals surface area contributed by atoms with Crippen molar-refractivity contribution in [3.63, 3.8) is 0 Å². The number of nitrogens with zero attached hydrogens (tertiary/aromatic N) is 2. The second kappa shape index (κ2) is 9.72. The van der Waals surface area contributed by atoms with Gasteiger partial charge in [-0.15, -0.1) is 13.2 Å². The van der Waals surface area contributed by atoms with Crippen molar-refractivity contribution >= 4 is 32.8 Å². The third kappa shape index (κ3) is 5.93. The Balaban J connectivity index is 1.13. The van der Waals surface area contributed by atoms with Crippen LogP contribution >= 0.6 is 0 Å². The van der Waals surface area contributed by atoms with Gasteiger partial charge in [0, 0.05) is 37.2 Å². The van der Waals surface area contributed by atoms with Crippen molar-refractivity contribution in [1.29, 1.82) is 0 Å². The van der Waals surface area contributed by atoms with Crippen LogP contribution in [0.3, 0.4) is 0 Å². The Morgan fingerprint density at radius 2 is 1.56 bits per heavy atom. The molecule has 2 N–H and O–H groups in total. The molecule has 5 rings (SSSR count). The number of hydrogen-bond donors (Lipinski definition) is 1. The van der Waals surface area contributed by atoms with Crippen LogP contribution in [0.5, 0.6) is 5.75 Å². The minimum Gasteiger partial charge on any atom is -0.445 e. The van der Waals surface area contributed by atoms with E-state index in [0.29, 0.717) is 54.5 Å². The van der Waals surface area contributed by atoms with Gasteiger partial charge in [-0.05, 0) is 59.2 Å². The summed E-state index contributed by atoms with van der Waals surface area (Å²) < 4.78 is 69.1. The predicted octanol–water partition coefficient (Wildman–Crippen LogP) is 3.87. The van der Waals surface area contributed by atoms with Gasteiger partial charge in [-0.3, -0.25) is 4.79 Å². The Labute approximate surface area is 221 Å². The van der Waals surface area contributed by atoms with E-state index in [1.165, 1.54) is 24.3 Å². The number of likely N-dealkylation sites (tertiary alicyclic amines) is 2. The van der Waals surface area contributed by atoms with Crippen molar-refractivity contribution in [1.82, 2.24) is 9.80 Å². The van der Waals surface area contributed by atoms with Crippen molar-refractivity contribution in [2.24, 2.45) is 10.6 Å². The molecule has 9 nitrogen and oxygen atoms in total. The van der Waals surface area contributed by atoms with E-state index in [2.05, 4.69) is 4.74 Å². The van der Waals surface area contributed by atoms with Crippen molar-refractivity contribution in [3.8, 4) is 5.75 Å². The van der Waals surface area contributed by atoms with Crippen LogP contribution in [0.1, 0.15) is 22.3 Å². The number of primary sulfonamides is 1. The number of ether oxygens (including phenoxy) is 2. The molecule has 0 aromatic heterocycles. The van der Waals surface area contributed by atoms with Crippen LogP contribution in [0.25, 0.3) is 10.8 Å². The highest BCUT2D eigenvalue weighted by atomic mass is 32.2. The number of sulfonamides is 1. The lowest BCUT2D eigenvalue weighted by Gasteiger charge is -2.47. The van der Waals surface area contributed by atoms with Gasteiger partial charge in [0.2, 0.25) is 10.0 Å². The largest absolute Gasteiger partial charge is 0.573 e. The summed E-state index contributed by atoms with van der Waals surface area (Å²) in [6.45, 7) is 1.78. The smallest absolute Gasteiger partial charge is 0.445 e. The van der Waals surface area contributed by atoms with E-state index < -0.39 is 22.5 Å². The summed E-state index contributed by atoms with van der Waals surface area (Å²) in [4.78, 5) is 28.9. The van der Waals surface area contributed by atoms with E-state index >= 15 is 0 Å². The first-order valence-electron chi connectivity index (χ1n) is 11.9. The number of carbonyl (C=O) groups is 2. The molecule has 206 valence electrons. The predicted molar refractivity (Wildman–Crippen MR) is 133 cm³/mol. The van der Waals surface area contributed by atoms with Crippen molar-refractivity contribution in [2.45, 2.75) is 24.3 Å². The zero-order valence-electron chi connectivity index (χ0n) is 20.5. The molecule has 0 radical (unpaired) electrons. The zero-order valence-corrected chi connectivity index (χ0v) is 21.3. The first kappa shape index (κ1) is 26.8. The summed E-state index contributed by atoms with van der Waals surface area (Å²) >= 11 is 0. The summed E-state index contributed by atoms with van der Waals surface area (Å²) in [5, 5.41) is 6.54. The van der Waals surface area contributed by atoms with E-state index in [0.717, 1.165) is 12.1 Å². The summed E-state index contributed by atoms with van der Waals surface area (Å²) in [5.74, 6) is -0.514. The number of hydrogen-bond acceptors (Lipinski definition) is 6. The molecule has 0 aliphatic carbocycles. The average molecular weight is 564 g/mol. The van der Waals surface area contributed by atoms with E-state index in [4.69, 9.17) is 9.88 Å². The molecular formula is C26H24F3N3O6S. The maximum absolute atomic E-state index is 13.0. The maximum atomic E-state index is 13.0. The Morgan fingerprint density at radius 1 is 0.923 bits per heavy atom. The Bertz CT molecular complexity index is 1540. The van der Waals surface area contributed by atoms with Crippen LogP contribution in [0.4, 0.5) is 18.0 Å². The number of benzene rings is 3. The first-order chi connectivity index (χ1) is 18.3. The van der Waals surface area contributed by atoms with Crippen LogP contribution in [0.2, 0.25) is 0 Å². The fraction of sp³-hybridized carbons (Fsp3) is 0.308. The molecule has 0 unspecified atom stereocenters. The molecule has 39 heavy (non-hydrogen) atoms. The second-order valence-electron chi connectivity index (χ2n) is 9.85. The highest BCUT2D eigenvalue weighted by molar-refractivity contribution is 7.89. The van der Waals surface area contributed by atoms with Gasteiger partial charge in [0.25, 0.3) is 5.91 Å². The van der Waals surface area contributed by atoms with Gasteiger partial charge in [-0.25, -0.2) is 18.4 Å². The summed E-state index contributed by atoms with van der Waals surface area (Å²) in [7, 11) is -3.83. The normalized spacial score (nSPS) is 16.8. The van der Waals surface area contributed by atoms with E-state index in [-0.39, 0.29) is 28.6 Å². The van der Waals surface area contributed by atoms with Crippen LogP contribution < -0.4 is 9.88 Å². The number of fused-ring (bicyclic) bond motifs is 1. The molecule has 2 amide bonds. The first-order valence-corrected chi connectivity index (χ1v) is 13.5. The lowest BCUT2D eigenvalue weighted by atomic mass is 9.78. The Morgan fingerprint density at radius 3 is 2.23 bits per heavy atom. The molecule has 0 bridgehead atoms. The highest BCUT2D eigenvalue weighted by Crippen LogP contribution is 2.40. The second-order valence-corrected chi connectivity index (χ2v) is 11.4. The van der Waals surface area contributed by atoms with Gasteiger partial charge in [0.15, 0.2) is 0 Å². The molecule has 2 heterocycles. The molecule has 0 saturated carbocycles. The van der Waals surface area contributed by atoms with Gasteiger partial charge in [0.1, 0.15) is 12.4 Å². The van der Waals surface area contributed by atoms with E-state index in [1.54, 1.807) is 34.1 Å². The summed E-state index contributed by atoms with van der Waals surface area (Å²) in [5.41, 5.74) is 0.775. The fourth-order valence-electron chi connectivity index (χ4n) is 5.00. The molecule has 0 atom stereocenters. The van der Waals surface area contributed by atoms with Gasteiger partial charge in [-0.1, -0.05) is 24.3 Å². The number of alkyl halides is 3. The topological polar surface area (TPSA) is 119 Å². The number of nitrogens with two attached hydrogens (primary N) is 1. The number of carbonyl (C=O) groups excluding carboxylic acids is 2. The number of rotatable bonds is 5. The van der Waals surface area contributed by atoms with Crippen LogP contribution in [0, 0.1) is 5.41 Å². The lowest BCUT2D eigenvalue weighted by molar-refractivity contribution is -0.274. The summed E-state index contributed by atoms with van der Waals surface area (Å²) in [6, 6.07) is 14.6. The molecule has 3 aromatic rings. The van der Waals surface area contributed by atoms with Crippen LogP contribution in [0.15, 0.2) is 65.6 Å². The lowest BCUT2D eigenvalue weighted by Crippen LogP contribution is -2.59. The average Bonchev–Trinajstić information content (AvgIpc) is 3.31. The number of amides is 2. The summed E-state index contributed by atoms with van der Waals surface area (Å²) in [6.07, 6.45) is -4.59. The Kier molecular flexibility index (Phi) is 6.67. The molecular weight excluding hydrogens is 539 g/mol. The third-order valence-electron chi connectivity index (χ3n) is 6.94. The zero-order chi connectivity index (χ0) is 28.0. The van der Waals surface area contributed by atoms with Crippen molar-refractivity contribution in [2.75, 3.05) is 26.2 Å².